The fraction of sp³-hybridized carbons (Fsp3) is 0.0556. The van der Waals surface area contributed by atoms with Crippen molar-refractivity contribution in [3.05, 3.63) is 145 Å². The van der Waals surface area contributed by atoms with Gasteiger partial charge in [-0.2, -0.15) is 0 Å². The summed E-state index contributed by atoms with van der Waals surface area (Å²) in [4.78, 5) is 8.78. The molecule has 0 aliphatic heterocycles. The van der Waals surface area contributed by atoms with E-state index < -0.39 is 0 Å². The van der Waals surface area contributed by atoms with Crippen LogP contribution in [0, 0.1) is 31.8 Å². The van der Waals surface area contributed by atoms with Gasteiger partial charge in [0, 0.05) is 37.9 Å². The van der Waals surface area contributed by atoms with E-state index >= 15 is 0 Å². The third kappa shape index (κ3) is 5.88. The Morgan fingerprint density at radius 3 is 2.22 bits per heavy atom. The van der Waals surface area contributed by atoms with Gasteiger partial charge in [-0.25, -0.2) is 4.39 Å². The van der Waals surface area contributed by atoms with Gasteiger partial charge in [0.2, 0.25) is 0 Å². The SMILES string of the molecule is Cc1ccc(-c2[c-]ccc3c2oc2c(-c4ccccc4)c(F)ccc23)nc1.Cc1ccnc(-c2[c-]cccc2)c1.[Ir]. The Hall–Kier alpha value is -4.44. The van der Waals surface area contributed by atoms with Crippen LogP contribution in [0.1, 0.15) is 11.1 Å². The second kappa shape index (κ2) is 12.4. The Morgan fingerprint density at radius 1 is 0.683 bits per heavy atom. The Kier molecular flexibility index (Phi) is 8.49. The van der Waals surface area contributed by atoms with Crippen LogP contribution in [0.5, 0.6) is 0 Å². The van der Waals surface area contributed by atoms with E-state index in [2.05, 4.69) is 35.1 Å². The van der Waals surface area contributed by atoms with E-state index in [1.807, 2.05) is 104 Å². The molecule has 0 spiro atoms. The van der Waals surface area contributed by atoms with Crippen molar-refractivity contribution in [1.82, 2.24) is 9.97 Å². The smallest absolute Gasteiger partial charge is 0.134 e. The molecule has 7 rings (SSSR count). The van der Waals surface area contributed by atoms with Gasteiger partial charge in [0.1, 0.15) is 11.4 Å². The molecule has 0 fully saturated rings. The molecule has 4 aromatic carbocycles. The third-order valence-corrected chi connectivity index (χ3v) is 6.68. The average molecular weight is 713 g/mol. The fourth-order valence-electron chi connectivity index (χ4n) is 4.70. The minimum Gasteiger partial charge on any atom is -0.500 e. The third-order valence-electron chi connectivity index (χ3n) is 6.68. The molecule has 7 aromatic rings. The number of fused-ring (bicyclic) bond motifs is 3. The summed E-state index contributed by atoms with van der Waals surface area (Å²) in [7, 11) is 0. The van der Waals surface area contributed by atoms with Crippen LogP contribution in [-0.2, 0) is 20.1 Å². The molecule has 203 valence electrons. The number of aryl methyl sites for hydroxylation is 2. The first-order valence-electron chi connectivity index (χ1n) is 13.0. The molecule has 41 heavy (non-hydrogen) atoms. The van der Waals surface area contributed by atoms with Crippen LogP contribution in [0.2, 0.25) is 0 Å². The molecule has 3 heterocycles. The summed E-state index contributed by atoms with van der Waals surface area (Å²) < 4.78 is 20.9. The van der Waals surface area contributed by atoms with E-state index in [0.29, 0.717) is 16.7 Å². The monoisotopic (exact) mass is 713 g/mol. The number of benzene rings is 4. The van der Waals surface area contributed by atoms with Gasteiger partial charge >= 0.3 is 0 Å². The molecule has 0 amide bonds. The van der Waals surface area contributed by atoms with Crippen LogP contribution >= 0.6 is 0 Å². The first kappa shape index (κ1) is 28.1. The minimum absolute atomic E-state index is 0. The van der Waals surface area contributed by atoms with Gasteiger partial charge in [0.25, 0.3) is 0 Å². The maximum Gasteiger partial charge on any atom is 0.134 e. The summed E-state index contributed by atoms with van der Waals surface area (Å²) in [6, 6.07) is 38.8. The van der Waals surface area contributed by atoms with E-state index in [1.54, 1.807) is 6.07 Å². The number of rotatable bonds is 3. The van der Waals surface area contributed by atoms with E-state index in [-0.39, 0.29) is 25.9 Å². The van der Waals surface area contributed by atoms with Gasteiger partial charge in [0.15, 0.2) is 0 Å². The zero-order chi connectivity index (χ0) is 27.5. The number of halogens is 1. The Bertz CT molecular complexity index is 1920. The number of furan rings is 1. The molecule has 5 heteroatoms. The molecule has 1 radical (unpaired) electrons. The summed E-state index contributed by atoms with van der Waals surface area (Å²) in [5.74, 6) is -0.299. The fourth-order valence-corrected chi connectivity index (χ4v) is 4.70. The zero-order valence-electron chi connectivity index (χ0n) is 22.5. The molecule has 0 N–H and O–H groups in total. The second-order valence-electron chi connectivity index (χ2n) is 9.58. The molecule has 0 saturated heterocycles. The van der Waals surface area contributed by atoms with Gasteiger partial charge in [-0.1, -0.05) is 65.0 Å². The summed E-state index contributed by atoms with van der Waals surface area (Å²) in [5.41, 5.74) is 8.40. The molecular weight excluding hydrogens is 688 g/mol. The summed E-state index contributed by atoms with van der Waals surface area (Å²) in [5, 5.41) is 1.81. The number of aromatic nitrogens is 2. The molecule has 3 nitrogen and oxygen atoms in total. The second-order valence-corrected chi connectivity index (χ2v) is 9.58. The minimum atomic E-state index is -0.299. The first-order chi connectivity index (χ1) is 19.6. The van der Waals surface area contributed by atoms with Gasteiger partial charge in [-0.05, 0) is 54.6 Å². The van der Waals surface area contributed by atoms with Crippen LogP contribution in [0.3, 0.4) is 0 Å². The summed E-state index contributed by atoms with van der Waals surface area (Å²) in [6.07, 6.45) is 3.64. The average Bonchev–Trinajstić information content (AvgIpc) is 3.37. The van der Waals surface area contributed by atoms with E-state index in [1.165, 1.54) is 11.6 Å². The largest absolute Gasteiger partial charge is 0.500 e. The van der Waals surface area contributed by atoms with Crippen LogP contribution in [0.15, 0.2) is 120 Å². The van der Waals surface area contributed by atoms with Crippen LogP contribution < -0.4 is 0 Å². The topological polar surface area (TPSA) is 38.9 Å². The molecule has 0 atom stereocenters. The van der Waals surface area contributed by atoms with Crippen molar-refractivity contribution in [3.63, 3.8) is 0 Å². The van der Waals surface area contributed by atoms with E-state index in [4.69, 9.17) is 4.42 Å². The summed E-state index contributed by atoms with van der Waals surface area (Å²) in [6.45, 7) is 4.06. The van der Waals surface area contributed by atoms with Crippen molar-refractivity contribution in [2.75, 3.05) is 0 Å². The van der Waals surface area contributed by atoms with Gasteiger partial charge in [-0.3, -0.25) is 0 Å². The van der Waals surface area contributed by atoms with Crippen molar-refractivity contribution in [2.24, 2.45) is 0 Å². The Morgan fingerprint density at radius 2 is 1.49 bits per heavy atom. The Balaban J connectivity index is 0.000000204. The van der Waals surface area contributed by atoms with Crippen molar-refractivity contribution >= 4 is 21.9 Å². The molecule has 0 aliphatic carbocycles. The Labute approximate surface area is 252 Å². The standard InChI is InChI=1S/C24H15FNO.C12H10N.Ir/c1-15-10-13-21(26-14-15)19-9-5-8-17-18-11-12-20(25)22(24(18)27-23(17)19)16-6-3-2-4-7-16;1-10-7-8-13-12(9-10)11-5-3-2-4-6-11;/h2-8,10-14H,1H3;2-5,7-9H,1H3;/q2*-1;. The number of nitrogens with zero attached hydrogens (tertiary/aromatic N) is 2. The molecule has 0 saturated carbocycles. The predicted octanol–water partition coefficient (Wildman–Crippen LogP) is 9.42. The van der Waals surface area contributed by atoms with E-state index in [0.717, 1.165) is 44.4 Å². The van der Waals surface area contributed by atoms with Crippen molar-refractivity contribution in [3.8, 4) is 33.6 Å². The number of hydrogen-bond donors (Lipinski definition) is 0. The van der Waals surface area contributed by atoms with Gasteiger partial charge in [-0.15, -0.1) is 54.1 Å². The van der Waals surface area contributed by atoms with Crippen molar-refractivity contribution in [1.29, 1.82) is 0 Å². The molecule has 3 aromatic heterocycles. The maximum atomic E-state index is 14.7. The predicted molar refractivity (Wildman–Crippen MR) is 159 cm³/mol. The maximum absolute atomic E-state index is 14.7. The first-order valence-corrected chi connectivity index (χ1v) is 13.0. The van der Waals surface area contributed by atoms with Crippen LogP contribution in [0.4, 0.5) is 4.39 Å². The van der Waals surface area contributed by atoms with Crippen LogP contribution in [0.25, 0.3) is 55.6 Å². The van der Waals surface area contributed by atoms with Crippen LogP contribution in [-0.4, -0.2) is 9.97 Å². The normalized spacial score (nSPS) is 10.6. The number of pyridine rings is 2. The summed E-state index contributed by atoms with van der Waals surface area (Å²) >= 11 is 0. The molecule has 0 unspecified atom stereocenters. The number of hydrogen-bond acceptors (Lipinski definition) is 3. The van der Waals surface area contributed by atoms with E-state index in [9.17, 15) is 4.39 Å². The van der Waals surface area contributed by atoms with Gasteiger partial charge in [0.05, 0.1) is 11.1 Å². The molecule has 0 aliphatic rings. The van der Waals surface area contributed by atoms with Crippen molar-refractivity contribution < 1.29 is 28.9 Å². The quantitative estimate of drug-likeness (QED) is 0.172. The van der Waals surface area contributed by atoms with Gasteiger partial charge < -0.3 is 14.4 Å². The molecule has 0 bridgehead atoms. The zero-order valence-corrected chi connectivity index (χ0v) is 24.9. The van der Waals surface area contributed by atoms with Crippen molar-refractivity contribution in [2.45, 2.75) is 13.8 Å². The molecular formula is C36H25FIrN2O-2.